The molecule has 2 aromatic carbocycles. The summed E-state index contributed by atoms with van der Waals surface area (Å²) in [6.07, 6.45) is 2.43. The molecule has 0 bridgehead atoms. The van der Waals surface area contributed by atoms with Gasteiger partial charge in [0.2, 0.25) is 5.91 Å². The zero-order valence-electron chi connectivity index (χ0n) is 18.8. The van der Waals surface area contributed by atoms with Crippen LogP contribution in [0.5, 0.6) is 0 Å². The number of carboxylic acids is 1. The summed E-state index contributed by atoms with van der Waals surface area (Å²) in [5.41, 5.74) is 3.65. The molecule has 0 saturated heterocycles. The third kappa shape index (κ3) is 4.72. The van der Waals surface area contributed by atoms with Crippen molar-refractivity contribution in [2.24, 2.45) is 5.41 Å². The Morgan fingerprint density at radius 3 is 2.30 bits per heavy atom. The quantitative estimate of drug-likeness (QED) is 0.590. The van der Waals surface area contributed by atoms with Gasteiger partial charge in [-0.2, -0.15) is 0 Å². The fourth-order valence-electron chi connectivity index (χ4n) is 5.01. The molecule has 2 aromatic rings. The fraction of sp³-hybridized carbons (Fsp3) is 0.423. The molecule has 0 aliphatic heterocycles. The van der Waals surface area contributed by atoms with Gasteiger partial charge in [-0.1, -0.05) is 61.4 Å². The van der Waals surface area contributed by atoms with Crippen molar-refractivity contribution in [1.82, 2.24) is 10.6 Å². The SMILES string of the molecule is CC1(C(=O)O)CCCCC1NC(=O)CCNC(=O)OCC1c2ccccc2-c2ccccc21. The van der Waals surface area contributed by atoms with Crippen LogP contribution in [0.25, 0.3) is 11.1 Å². The fourth-order valence-corrected chi connectivity index (χ4v) is 5.01. The van der Waals surface area contributed by atoms with Crippen LogP contribution in [0.4, 0.5) is 4.79 Å². The van der Waals surface area contributed by atoms with Crippen molar-refractivity contribution in [3.8, 4) is 11.1 Å². The number of ether oxygens (including phenoxy) is 1. The molecular weight excluding hydrogens is 420 g/mol. The molecule has 0 aromatic heterocycles. The van der Waals surface area contributed by atoms with Crippen molar-refractivity contribution in [2.45, 2.75) is 51.0 Å². The van der Waals surface area contributed by atoms with Crippen molar-refractivity contribution < 1.29 is 24.2 Å². The standard InChI is InChI=1S/C26H30N2O5/c1-26(24(30)31)14-7-6-12-22(26)28-23(29)13-15-27-25(32)33-16-21-19-10-4-2-8-17(19)18-9-3-5-11-20(18)21/h2-5,8-11,21-22H,6-7,12-16H2,1H3,(H,27,32)(H,28,29)(H,30,31). The van der Waals surface area contributed by atoms with Crippen LogP contribution < -0.4 is 10.6 Å². The molecule has 0 spiro atoms. The van der Waals surface area contributed by atoms with Gasteiger partial charge < -0.3 is 20.5 Å². The number of carboxylic acid groups (broad SMARTS) is 1. The number of benzene rings is 2. The van der Waals surface area contributed by atoms with Gasteiger partial charge in [0, 0.05) is 24.9 Å². The van der Waals surface area contributed by atoms with Crippen molar-refractivity contribution in [2.75, 3.05) is 13.2 Å². The van der Waals surface area contributed by atoms with E-state index in [1.807, 2.05) is 24.3 Å². The normalized spacial score (nSPS) is 21.5. The molecule has 33 heavy (non-hydrogen) atoms. The zero-order valence-corrected chi connectivity index (χ0v) is 18.8. The highest BCUT2D eigenvalue weighted by atomic mass is 16.5. The predicted molar refractivity (Wildman–Crippen MR) is 124 cm³/mol. The summed E-state index contributed by atoms with van der Waals surface area (Å²) >= 11 is 0. The Morgan fingerprint density at radius 1 is 1.03 bits per heavy atom. The second kappa shape index (κ2) is 9.65. The number of carbonyl (C=O) groups is 3. The minimum Gasteiger partial charge on any atom is -0.481 e. The number of nitrogens with one attached hydrogen (secondary N) is 2. The van der Waals surface area contributed by atoms with E-state index in [4.69, 9.17) is 4.74 Å². The average molecular weight is 451 g/mol. The first-order valence-corrected chi connectivity index (χ1v) is 11.5. The second-order valence-corrected chi connectivity index (χ2v) is 9.09. The lowest BCUT2D eigenvalue weighted by Crippen LogP contribution is -2.52. The molecule has 4 rings (SSSR count). The van der Waals surface area contributed by atoms with E-state index in [0.29, 0.717) is 12.8 Å². The Balaban J connectivity index is 1.25. The number of rotatable bonds is 7. The van der Waals surface area contributed by atoms with Gasteiger partial charge in [-0.05, 0) is 42.0 Å². The topological polar surface area (TPSA) is 105 Å². The van der Waals surface area contributed by atoms with E-state index in [9.17, 15) is 19.5 Å². The van der Waals surface area contributed by atoms with Crippen LogP contribution in [0.3, 0.4) is 0 Å². The first kappa shape index (κ1) is 22.8. The molecule has 1 saturated carbocycles. The third-order valence-electron chi connectivity index (χ3n) is 7.00. The first-order chi connectivity index (χ1) is 15.9. The van der Waals surface area contributed by atoms with Crippen LogP contribution in [0, 0.1) is 5.41 Å². The van der Waals surface area contributed by atoms with Gasteiger partial charge in [0.1, 0.15) is 6.61 Å². The van der Waals surface area contributed by atoms with Crippen molar-refractivity contribution >= 4 is 18.0 Å². The summed E-state index contributed by atoms with van der Waals surface area (Å²) in [6, 6.07) is 15.8. The summed E-state index contributed by atoms with van der Waals surface area (Å²) in [7, 11) is 0. The Hall–Kier alpha value is -3.35. The van der Waals surface area contributed by atoms with E-state index in [2.05, 4.69) is 34.9 Å². The number of carbonyl (C=O) groups excluding carboxylic acids is 2. The minimum atomic E-state index is -0.950. The van der Waals surface area contributed by atoms with E-state index >= 15 is 0 Å². The zero-order chi connectivity index (χ0) is 23.4. The molecule has 3 N–H and O–H groups in total. The molecule has 174 valence electrons. The minimum absolute atomic E-state index is 0.0218. The van der Waals surface area contributed by atoms with E-state index in [-0.39, 0.29) is 31.4 Å². The molecule has 2 unspecified atom stereocenters. The number of fused-ring (bicyclic) bond motifs is 3. The monoisotopic (exact) mass is 450 g/mol. The highest BCUT2D eigenvalue weighted by Crippen LogP contribution is 2.44. The highest BCUT2D eigenvalue weighted by molar-refractivity contribution is 5.81. The number of aliphatic carboxylic acids is 1. The number of amides is 2. The van der Waals surface area contributed by atoms with E-state index in [1.54, 1.807) is 6.92 Å². The highest BCUT2D eigenvalue weighted by Gasteiger charge is 2.43. The van der Waals surface area contributed by atoms with Crippen molar-refractivity contribution in [3.63, 3.8) is 0 Å². The lowest BCUT2D eigenvalue weighted by molar-refractivity contribution is -0.152. The van der Waals surface area contributed by atoms with Crippen molar-refractivity contribution in [1.29, 1.82) is 0 Å². The van der Waals surface area contributed by atoms with Crippen LogP contribution in [0.15, 0.2) is 48.5 Å². The maximum atomic E-state index is 12.3. The molecule has 2 aliphatic carbocycles. The Labute approximate surface area is 193 Å². The number of hydrogen-bond donors (Lipinski definition) is 3. The molecular formula is C26H30N2O5. The van der Waals surface area contributed by atoms with E-state index in [1.165, 1.54) is 0 Å². The Kier molecular flexibility index (Phi) is 6.67. The largest absolute Gasteiger partial charge is 0.481 e. The van der Waals surface area contributed by atoms with Crippen LogP contribution >= 0.6 is 0 Å². The maximum absolute atomic E-state index is 12.3. The first-order valence-electron chi connectivity index (χ1n) is 11.5. The summed E-state index contributed by atoms with van der Waals surface area (Å²) in [5, 5.41) is 15.1. The van der Waals surface area contributed by atoms with Crippen LogP contribution in [-0.2, 0) is 14.3 Å². The lowest BCUT2D eigenvalue weighted by atomic mass is 9.71. The van der Waals surface area contributed by atoms with Gasteiger partial charge in [-0.25, -0.2) is 4.79 Å². The van der Waals surface area contributed by atoms with E-state index in [0.717, 1.165) is 35.1 Å². The summed E-state index contributed by atoms with van der Waals surface area (Å²) in [6.45, 7) is 2.03. The molecule has 1 fully saturated rings. The van der Waals surface area contributed by atoms with Crippen LogP contribution in [0.1, 0.15) is 56.1 Å². The molecule has 7 heteroatoms. The van der Waals surface area contributed by atoms with E-state index < -0.39 is 23.5 Å². The number of alkyl carbamates (subject to hydrolysis) is 1. The van der Waals surface area contributed by atoms with Gasteiger partial charge in [0.15, 0.2) is 0 Å². The summed E-state index contributed by atoms with van der Waals surface area (Å²) in [5.74, 6) is -1.18. The molecule has 7 nitrogen and oxygen atoms in total. The summed E-state index contributed by atoms with van der Waals surface area (Å²) < 4.78 is 5.48. The second-order valence-electron chi connectivity index (χ2n) is 9.09. The van der Waals surface area contributed by atoms with Gasteiger partial charge in [-0.3, -0.25) is 9.59 Å². The molecule has 2 atom stereocenters. The Bertz CT molecular complexity index is 1010. The molecule has 0 radical (unpaired) electrons. The summed E-state index contributed by atoms with van der Waals surface area (Å²) in [4.78, 5) is 36.3. The maximum Gasteiger partial charge on any atom is 0.407 e. The van der Waals surface area contributed by atoms with Gasteiger partial charge >= 0.3 is 12.1 Å². The van der Waals surface area contributed by atoms with Gasteiger partial charge in [0.25, 0.3) is 0 Å². The van der Waals surface area contributed by atoms with Gasteiger partial charge in [-0.15, -0.1) is 0 Å². The molecule has 2 amide bonds. The number of hydrogen-bond acceptors (Lipinski definition) is 4. The average Bonchev–Trinajstić information content (AvgIpc) is 3.13. The molecule has 0 heterocycles. The predicted octanol–water partition coefficient (Wildman–Crippen LogP) is 4.06. The lowest BCUT2D eigenvalue weighted by Gasteiger charge is -2.38. The van der Waals surface area contributed by atoms with Crippen molar-refractivity contribution in [3.05, 3.63) is 59.7 Å². The van der Waals surface area contributed by atoms with Gasteiger partial charge in [0.05, 0.1) is 5.41 Å². The smallest absolute Gasteiger partial charge is 0.407 e. The van der Waals surface area contributed by atoms with Crippen LogP contribution in [-0.4, -0.2) is 42.3 Å². The molecule has 2 aliphatic rings. The Morgan fingerprint density at radius 2 is 1.67 bits per heavy atom. The van der Waals surface area contributed by atoms with Crippen LogP contribution in [0.2, 0.25) is 0 Å². The third-order valence-corrected chi connectivity index (χ3v) is 7.00.